The fourth-order valence-corrected chi connectivity index (χ4v) is 1.67. The summed E-state index contributed by atoms with van der Waals surface area (Å²) in [5.74, 6) is -0.908. The van der Waals surface area contributed by atoms with Gasteiger partial charge in [-0.2, -0.15) is 0 Å². The van der Waals surface area contributed by atoms with E-state index in [1.165, 1.54) is 6.07 Å². The van der Waals surface area contributed by atoms with Crippen molar-refractivity contribution in [1.29, 1.82) is 0 Å². The van der Waals surface area contributed by atoms with E-state index in [0.29, 0.717) is 6.54 Å². The van der Waals surface area contributed by atoms with E-state index in [1.807, 2.05) is 19.0 Å². The molecule has 18 heavy (non-hydrogen) atoms. The van der Waals surface area contributed by atoms with Gasteiger partial charge in [-0.25, -0.2) is 4.39 Å². The van der Waals surface area contributed by atoms with Gasteiger partial charge in [0.05, 0.1) is 9.40 Å². The first-order chi connectivity index (χ1) is 8.34. The molecule has 0 heterocycles. The van der Waals surface area contributed by atoms with Crippen LogP contribution in [0, 0.1) is 15.9 Å². The number of nitro benzene ring substituents is 1. The van der Waals surface area contributed by atoms with Crippen LogP contribution in [0.5, 0.6) is 5.75 Å². The molecule has 0 saturated carbocycles. The normalized spacial score (nSPS) is 10.7. The van der Waals surface area contributed by atoms with Crippen LogP contribution in [0.25, 0.3) is 0 Å². The zero-order valence-corrected chi connectivity index (χ0v) is 11.5. The summed E-state index contributed by atoms with van der Waals surface area (Å²) < 4.78 is 18.7. The zero-order valence-electron chi connectivity index (χ0n) is 9.94. The number of ether oxygens (including phenoxy) is 1. The van der Waals surface area contributed by atoms with Gasteiger partial charge in [0.15, 0.2) is 11.5 Å². The standard InChI is InChI=1S/C10H13BrFN3O3/c1-14(2)3-4-18-7-5-6(11)8(12)9(13)10(7)15(16)17/h5H,3-4,13H2,1-2H3. The minimum absolute atomic E-state index is 0.0328. The number of anilines is 1. The molecule has 0 aromatic heterocycles. The molecule has 0 aliphatic rings. The van der Waals surface area contributed by atoms with Crippen LogP contribution in [0.4, 0.5) is 15.8 Å². The van der Waals surface area contributed by atoms with Gasteiger partial charge in [0.25, 0.3) is 0 Å². The molecule has 6 nitrogen and oxygen atoms in total. The van der Waals surface area contributed by atoms with Crippen LogP contribution in [-0.2, 0) is 0 Å². The highest BCUT2D eigenvalue weighted by molar-refractivity contribution is 9.10. The van der Waals surface area contributed by atoms with Gasteiger partial charge in [-0.1, -0.05) is 0 Å². The lowest BCUT2D eigenvalue weighted by molar-refractivity contribution is -0.385. The fraction of sp³-hybridized carbons (Fsp3) is 0.400. The number of nitro groups is 1. The predicted molar refractivity (Wildman–Crippen MR) is 69.2 cm³/mol. The average molecular weight is 322 g/mol. The first kappa shape index (κ1) is 14.7. The molecule has 0 fully saturated rings. The van der Waals surface area contributed by atoms with Gasteiger partial charge in [-0.05, 0) is 30.0 Å². The molecule has 0 atom stereocenters. The molecule has 0 amide bonds. The summed E-state index contributed by atoms with van der Waals surface area (Å²) in [6.07, 6.45) is 0. The molecule has 0 spiro atoms. The van der Waals surface area contributed by atoms with Gasteiger partial charge in [-0.15, -0.1) is 0 Å². The summed E-state index contributed by atoms with van der Waals surface area (Å²) >= 11 is 2.93. The molecule has 2 N–H and O–H groups in total. The highest BCUT2D eigenvalue weighted by atomic mass is 79.9. The molecule has 0 aliphatic heterocycles. The first-order valence-electron chi connectivity index (χ1n) is 5.04. The maximum atomic E-state index is 13.4. The van der Waals surface area contributed by atoms with Crippen molar-refractivity contribution in [3.63, 3.8) is 0 Å². The second-order valence-corrected chi connectivity index (χ2v) is 4.70. The van der Waals surface area contributed by atoms with E-state index < -0.39 is 22.1 Å². The average Bonchev–Trinajstić information content (AvgIpc) is 2.25. The molecule has 1 aromatic rings. The molecular weight excluding hydrogens is 309 g/mol. The molecule has 1 aromatic carbocycles. The van der Waals surface area contributed by atoms with E-state index >= 15 is 0 Å². The van der Waals surface area contributed by atoms with Crippen molar-refractivity contribution < 1.29 is 14.1 Å². The van der Waals surface area contributed by atoms with Crippen LogP contribution >= 0.6 is 15.9 Å². The Labute approximate surface area is 112 Å². The van der Waals surface area contributed by atoms with Gasteiger partial charge in [-0.3, -0.25) is 10.1 Å². The third-order valence-corrected chi connectivity index (χ3v) is 2.75. The van der Waals surface area contributed by atoms with Gasteiger partial charge in [0.2, 0.25) is 5.75 Å². The van der Waals surface area contributed by atoms with E-state index in [9.17, 15) is 14.5 Å². The van der Waals surface area contributed by atoms with Crippen LogP contribution in [0.1, 0.15) is 0 Å². The molecule has 0 bridgehead atoms. The Morgan fingerprint density at radius 2 is 2.22 bits per heavy atom. The Hall–Kier alpha value is -1.41. The lowest BCUT2D eigenvalue weighted by Crippen LogP contribution is -2.19. The lowest BCUT2D eigenvalue weighted by atomic mass is 10.2. The summed E-state index contributed by atoms with van der Waals surface area (Å²) in [6.45, 7) is 0.817. The van der Waals surface area contributed by atoms with Crippen LogP contribution in [0.3, 0.4) is 0 Å². The number of nitrogen functional groups attached to an aromatic ring is 1. The van der Waals surface area contributed by atoms with Gasteiger partial charge in [0.1, 0.15) is 6.61 Å². The number of hydrogen-bond donors (Lipinski definition) is 1. The molecule has 0 aliphatic carbocycles. The number of halogens is 2. The smallest absolute Gasteiger partial charge is 0.336 e. The number of nitrogens with two attached hydrogens (primary N) is 1. The molecule has 0 radical (unpaired) electrons. The largest absolute Gasteiger partial charge is 0.485 e. The van der Waals surface area contributed by atoms with E-state index in [-0.39, 0.29) is 16.8 Å². The summed E-state index contributed by atoms with van der Waals surface area (Å²) in [4.78, 5) is 12.0. The number of nitrogens with zero attached hydrogens (tertiary/aromatic N) is 2. The SMILES string of the molecule is CN(C)CCOc1cc(Br)c(F)c(N)c1[N+](=O)[O-]. The number of hydrogen-bond acceptors (Lipinski definition) is 5. The van der Waals surface area contributed by atoms with Crippen LogP contribution in [0.2, 0.25) is 0 Å². The fourth-order valence-electron chi connectivity index (χ4n) is 1.25. The van der Waals surface area contributed by atoms with E-state index in [2.05, 4.69) is 15.9 Å². The number of likely N-dealkylation sites (N-methyl/N-ethyl adjacent to an activating group) is 1. The third kappa shape index (κ3) is 3.30. The van der Waals surface area contributed by atoms with Crippen molar-refractivity contribution in [3.8, 4) is 5.75 Å². The highest BCUT2D eigenvalue weighted by Gasteiger charge is 2.25. The molecule has 8 heteroatoms. The van der Waals surface area contributed by atoms with E-state index in [1.54, 1.807) is 0 Å². The summed E-state index contributed by atoms with van der Waals surface area (Å²) in [5.41, 5.74) is 4.30. The Bertz CT molecular complexity index is 468. The Balaban J connectivity index is 3.06. The van der Waals surface area contributed by atoms with E-state index in [4.69, 9.17) is 10.5 Å². The van der Waals surface area contributed by atoms with Crippen LogP contribution < -0.4 is 10.5 Å². The Morgan fingerprint density at radius 1 is 1.61 bits per heavy atom. The number of benzene rings is 1. The number of rotatable bonds is 5. The maximum absolute atomic E-state index is 13.4. The zero-order chi connectivity index (χ0) is 13.9. The van der Waals surface area contributed by atoms with Crippen molar-refractivity contribution in [2.45, 2.75) is 0 Å². The predicted octanol–water partition coefficient (Wildman–Crippen LogP) is 2.02. The van der Waals surface area contributed by atoms with Crippen molar-refractivity contribution in [2.24, 2.45) is 0 Å². The molecule has 0 unspecified atom stereocenters. The second kappa shape index (κ2) is 5.96. The monoisotopic (exact) mass is 321 g/mol. The van der Waals surface area contributed by atoms with Crippen LogP contribution in [-0.4, -0.2) is 37.1 Å². The van der Waals surface area contributed by atoms with Crippen molar-refractivity contribution >= 4 is 27.3 Å². The second-order valence-electron chi connectivity index (χ2n) is 3.84. The third-order valence-electron chi connectivity index (χ3n) is 2.17. The van der Waals surface area contributed by atoms with Crippen molar-refractivity contribution in [2.75, 3.05) is 33.0 Å². The molecule has 100 valence electrons. The van der Waals surface area contributed by atoms with Crippen molar-refractivity contribution in [3.05, 3.63) is 26.5 Å². The minimum Gasteiger partial charge on any atom is -0.485 e. The van der Waals surface area contributed by atoms with E-state index in [0.717, 1.165) is 0 Å². The topological polar surface area (TPSA) is 81.6 Å². The van der Waals surface area contributed by atoms with Gasteiger partial charge < -0.3 is 15.4 Å². The summed E-state index contributed by atoms with van der Waals surface area (Å²) in [6, 6.07) is 1.21. The lowest BCUT2D eigenvalue weighted by Gasteiger charge is -2.12. The Morgan fingerprint density at radius 3 is 2.72 bits per heavy atom. The van der Waals surface area contributed by atoms with Gasteiger partial charge in [0, 0.05) is 12.6 Å². The minimum atomic E-state index is -0.860. The maximum Gasteiger partial charge on any atom is 0.336 e. The first-order valence-corrected chi connectivity index (χ1v) is 5.83. The summed E-state index contributed by atoms with van der Waals surface area (Å²) in [7, 11) is 3.68. The Kier molecular flexibility index (Phi) is 4.85. The molecular formula is C10H13BrFN3O3. The van der Waals surface area contributed by atoms with Crippen molar-refractivity contribution in [1.82, 2.24) is 4.90 Å². The van der Waals surface area contributed by atoms with Gasteiger partial charge >= 0.3 is 5.69 Å². The quantitative estimate of drug-likeness (QED) is 0.509. The molecule has 1 rings (SSSR count). The highest BCUT2D eigenvalue weighted by Crippen LogP contribution is 2.38. The summed E-state index contributed by atoms with van der Waals surface area (Å²) in [5, 5.41) is 10.9. The molecule has 0 saturated heterocycles. The van der Waals surface area contributed by atoms with Crippen LogP contribution in [0.15, 0.2) is 10.5 Å².